The minimum atomic E-state index is -0.942. The molecule has 0 spiro atoms. The highest BCUT2D eigenvalue weighted by atomic mass is 16.5. The minimum absolute atomic E-state index is 0.186. The van der Waals surface area contributed by atoms with E-state index < -0.39 is 7.12 Å². The number of nitrogens with two attached hydrogens (primary N) is 1. The summed E-state index contributed by atoms with van der Waals surface area (Å²) < 4.78 is 5.09. The second kappa shape index (κ2) is 4.04. The summed E-state index contributed by atoms with van der Waals surface area (Å²) in [6.45, 7) is 0.808. The van der Waals surface area contributed by atoms with Crippen LogP contribution in [0.2, 0.25) is 0 Å². The first-order chi connectivity index (χ1) is 8.65. The number of fused-ring (bicyclic) bond motifs is 1. The number of benzene rings is 1. The molecule has 1 aromatic rings. The molecule has 0 unspecified atom stereocenters. The highest BCUT2D eigenvalue weighted by molar-refractivity contribution is 6.61. The summed E-state index contributed by atoms with van der Waals surface area (Å²) in [7, 11) is -0.942. The largest absolute Gasteiger partial charge is 0.491 e. The van der Waals surface area contributed by atoms with Crippen molar-refractivity contribution in [3.8, 4) is 0 Å². The predicted octanol–water partition coefficient (Wildman–Crippen LogP) is -1.34. The van der Waals surface area contributed by atoms with E-state index in [9.17, 15) is 9.82 Å². The highest BCUT2D eigenvalue weighted by Gasteiger charge is 2.29. The van der Waals surface area contributed by atoms with Crippen LogP contribution in [-0.2, 0) is 11.3 Å². The molecule has 0 aliphatic carbocycles. The third-order valence-corrected chi connectivity index (χ3v) is 3.06. The van der Waals surface area contributed by atoms with Crippen molar-refractivity contribution in [2.75, 3.05) is 6.54 Å². The molecule has 0 radical (unpaired) electrons. The van der Waals surface area contributed by atoms with Crippen molar-refractivity contribution in [2.45, 2.75) is 6.61 Å². The van der Waals surface area contributed by atoms with Crippen LogP contribution in [0.4, 0.5) is 0 Å². The average molecular weight is 245 g/mol. The van der Waals surface area contributed by atoms with Gasteiger partial charge in [0.2, 0.25) is 0 Å². The van der Waals surface area contributed by atoms with Crippen LogP contribution in [-0.4, -0.2) is 29.6 Å². The van der Waals surface area contributed by atoms with Gasteiger partial charge in [-0.2, -0.15) is 0 Å². The molecule has 2 aliphatic rings. The van der Waals surface area contributed by atoms with E-state index in [1.807, 2.05) is 0 Å². The minimum Gasteiger partial charge on any atom is -0.423 e. The lowest BCUT2D eigenvalue weighted by molar-refractivity contribution is 0.0730. The SMILES string of the molecule is NC1=CCN(C(=O)c2ccc3c(c2)B(O)OC3)N1. The number of nitrogens with one attached hydrogen (secondary N) is 1. The molecule has 0 saturated carbocycles. The molecular weight excluding hydrogens is 233 g/mol. The Labute approximate surface area is 104 Å². The fraction of sp³-hybridized carbons (Fsp3) is 0.182. The summed E-state index contributed by atoms with van der Waals surface area (Å²) in [5, 5.41) is 11.0. The summed E-state index contributed by atoms with van der Waals surface area (Å²) >= 11 is 0. The molecule has 2 heterocycles. The molecule has 7 heteroatoms. The first-order valence-electron chi connectivity index (χ1n) is 5.62. The van der Waals surface area contributed by atoms with Crippen LogP contribution < -0.4 is 16.6 Å². The molecule has 4 N–H and O–H groups in total. The van der Waals surface area contributed by atoms with Crippen molar-refractivity contribution in [3.63, 3.8) is 0 Å². The standard InChI is InChI=1S/C11H12BN3O3/c13-10-3-4-15(14-10)11(16)7-1-2-8-6-18-12(17)9(8)5-7/h1-3,5,14,17H,4,6,13H2. The third-order valence-electron chi connectivity index (χ3n) is 3.06. The van der Waals surface area contributed by atoms with Crippen LogP contribution in [0.3, 0.4) is 0 Å². The molecule has 92 valence electrons. The Morgan fingerprint density at radius 2 is 2.39 bits per heavy atom. The maximum atomic E-state index is 12.2. The molecular formula is C11H12BN3O3. The lowest BCUT2D eigenvalue weighted by Crippen LogP contribution is -2.40. The number of rotatable bonds is 1. The van der Waals surface area contributed by atoms with E-state index in [1.165, 1.54) is 5.01 Å². The molecule has 0 aromatic heterocycles. The van der Waals surface area contributed by atoms with Crippen molar-refractivity contribution in [3.05, 3.63) is 41.2 Å². The second-order valence-electron chi connectivity index (χ2n) is 4.26. The third kappa shape index (κ3) is 1.73. The zero-order valence-electron chi connectivity index (χ0n) is 9.59. The maximum absolute atomic E-state index is 12.2. The van der Waals surface area contributed by atoms with Crippen molar-refractivity contribution in [2.24, 2.45) is 5.73 Å². The molecule has 0 saturated heterocycles. The van der Waals surface area contributed by atoms with Gasteiger partial charge in [0.15, 0.2) is 0 Å². The van der Waals surface area contributed by atoms with Crippen molar-refractivity contribution >= 4 is 18.5 Å². The van der Waals surface area contributed by atoms with E-state index >= 15 is 0 Å². The van der Waals surface area contributed by atoms with Gasteiger partial charge in [0.25, 0.3) is 5.91 Å². The number of carbonyl (C=O) groups is 1. The molecule has 2 aliphatic heterocycles. The Bertz CT molecular complexity index is 546. The Morgan fingerprint density at radius 1 is 1.56 bits per heavy atom. The lowest BCUT2D eigenvalue weighted by atomic mass is 9.79. The Hall–Kier alpha value is -1.99. The summed E-state index contributed by atoms with van der Waals surface area (Å²) in [6, 6.07) is 5.18. The topological polar surface area (TPSA) is 87.8 Å². The molecule has 3 rings (SSSR count). The van der Waals surface area contributed by atoms with Crippen LogP contribution in [0.1, 0.15) is 15.9 Å². The monoisotopic (exact) mass is 245 g/mol. The van der Waals surface area contributed by atoms with E-state index in [2.05, 4.69) is 5.43 Å². The highest BCUT2D eigenvalue weighted by Crippen LogP contribution is 2.13. The molecule has 6 nitrogen and oxygen atoms in total. The van der Waals surface area contributed by atoms with E-state index in [1.54, 1.807) is 24.3 Å². The van der Waals surface area contributed by atoms with Gasteiger partial charge >= 0.3 is 7.12 Å². The number of hydrazine groups is 1. The van der Waals surface area contributed by atoms with Gasteiger partial charge in [0, 0.05) is 5.56 Å². The van der Waals surface area contributed by atoms with Crippen LogP contribution in [0, 0.1) is 0 Å². The summed E-state index contributed by atoms with van der Waals surface area (Å²) in [5.74, 6) is 0.279. The smallest absolute Gasteiger partial charge is 0.423 e. The summed E-state index contributed by atoms with van der Waals surface area (Å²) in [4.78, 5) is 12.2. The predicted molar refractivity (Wildman–Crippen MR) is 65.3 cm³/mol. The van der Waals surface area contributed by atoms with Crippen LogP contribution in [0.15, 0.2) is 30.1 Å². The zero-order valence-corrected chi connectivity index (χ0v) is 9.59. The quantitative estimate of drug-likeness (QED) is 0.533. The van der Waals surface area contributed by atoms with Crippen molar-refractivity contribution in [1.29, 1.82) is 0 Å². The molecule has 1 aromatic carbocycles. The van der Waals surface area contributed by atoms with Crippen molar-refractivity contribution in [1.82, 2.24) is 10.4 Å². The maximum Gasteiger partial charge on any atom is 0.491 e. The molecule has 18 heavy (non-hydrogen) atoms. The van der Waals surface area contributed by atoms with Gasteiger partial charge in [-0.1, -0.05) is 6.07 Å². The van der Waals surface area contributed by atoms with E-state index in [0.29, 0.717) is 30.0 Å². The molecule has 0 bridgehead atoms. The first-order valence-corrected chi connectivity index (χ1v) is 5.62. The molecule has 0 fully saturated rings. The first kappa shape index (κ1) is 11.1. The fourth-order valence-corrected chi connectivity index (χ4v) is 2.07. The van der Waals surface area contributed by atoms with E-state index in [-0.39, 0.29) is 5.91 Å². The average Bonchev–Trinajstić information content (AvgIpc) is 2.95. The number of nitrogens with zero attached hydrogens (tertiary/aromatic N) is 1. The van der Waals surface area contributed by atoms with Gasteiger partial charge in [-0.15, -0.1) is 0 Å². The van der Waals surface area contributed by atoms with Gasteiger partial charge in [-0.25, -0.2) is 5.01 Å². The van der Waals surface area contributed by atoms with E-state index in [4.69, 9.17) is 10.4 Å². The fourth-order valence-electron chi connectivity index (χ4n) is 2.07. The summed E-state index contributed by atoms with van der Waals surface area (Å²) in [5.41, 5.74) is 10.4. The van der Waals surface area contributed by atoms with Crippen LogP contribution in [0.25, 0.3) is 0 Å². The normalized spacial score (nSPS) is 17.5. The van der Waals surface area contributed by atoms with Crippen molar-refractivity contribution < 1.29 is 14.5 Å². The van der Waals surface area contributed by atoms with Gasteiger partial charge in [-0.05, 0) is 29.2 Å². The number of hydrogen-bond acceptors (Lipinski definition) is 5. The Kier molecular flexibility index (Phi) is 2.50. The van der Waals surface area contributed by atoms with Gasteiger partial charge in [0.05, 0.1) is 13.2 Å². The molecule has 0 atom stereocenters. The molecule has 1 amide bonds. The Morgan fingerprint density at radius 3 is 3.11 bits per heavy atom. The van der Waals surface area contributed by atoms with Crippen LogP contribution >= 0.6 is 0 Å². The number of amides is 1. The van der Waals surface area contributed by atoms with Gasteiger partial charge in [-0.3, -0.25) is 10.2 Å². The van der Waals surface area contributed by atoms with Crippen LogP contribution in [0.5, 0.6) is 0 Å². The zero-order chi connectivity index (χ0) is 12.7. The number of carbonyl (C=O) groups excluding carboxylic acids is 1. The van der Waals surface area contributed by atoms with Gasteiger partial charge < -0.3 is 15.4 Å². The number of hydrogen-bond donors (Lipinski definition) is 3. The lowest BCUT2D eigenvalue weighted by Gasteiger charge is -2.17. The van der Waals surface area contributed by atoms with Gasteiger partial charge in [0.1, 0.15) is 5.82 Å². The Balaban J connectivity index is 1.85. The summed E-state index contributed by atoms with van der Waals surface area (Å²) in [6.07, 6.45) is 1.73. The second-order valence-corrected chi connectivity index (χ2v) is 4.26. The van der Waals surface area contributed by atoms with E-state index in [0.717, 1.165) is 5.56 Å².